The first kappa shape index (κ1) is 19.9. The molecule has 0 unspecified atom stereocenters. The molecular weight excluding hydrogens is 400 g/mol. The lowest BCUT2D eigenvalue weighted by Crippen LogP contribution is -2.40. The number of ether oxygens (including phenoxy) is 1. The van der Waals surface area contributed by atoms with E-state index in [9.17, 15) is 13.2 Å². The summed E-state index contributed by atoms with van der Waals surface area (Å²) in [6, 6.07) is 22.5. The molecule has 30 heavy (non-hydrogen) atoms. The van der Waals surface area contributed by atoms with Gasteiger partial charge in [0.1, 0.15) is 6.04 Å². The van der Waals surface area contributed by atoms with E-state index in [1.54, 1.807) is 18.3 Å². The SMILES string of the molecule is C[C@H](NS(=O)(=O)c1ccc(-c2ccccc2)cc1)C(=O)Oc1c[nH]c2ccccc12. The smallest absolute Gasteiger partial charge is 0.329 e. The zero-order valence-electron chi connectivity index (χ0n) is 16.2. The van der Waals surface area contributed by atoms with Gasteiger partial charge in [0.25, 0.3) is 0 Å². The number of rotatable bonds is 6. The number of aromatic nitrogens is 1. The molecule has 1 aromatic heterocycles. The Hall–Kier alpha value is -3.42. The Balaban J connectivity index is 1.46. The maximum atomic E-state index is 12.7. The van der Waals surface area contributed by atoms with Crippen LogP contribution in [0.2, 0.25) is 0 Å². The van der Waals surface area contributed by atoms with Crippen molar-refractivity contribution in [2.75, 3.05) is 0 Å². The van der Waals surface area contributed by atoms with E-state index >= 15 is 0 Å². The van der Waals surface area contributed by atoms with Gasteiger partial charge in [-0.05, 0) is 42.3 Å². The van der Waals surface area contributed by atoms with Gasteiger partial charge in [-0.3, -0.25) is 0 Å². The fourth-order valence-electron chi connectivity index (χ4n) is 3.13. The summed E-state index contributed by atoms with van der Waals surface area (Å²) in [5.41, 5.74) is 2.72. The first-order valence-corrected chi connectivity index (χ1v) is 10.9. The summed E-state index contributed by atoms with van der Waals surface area (Å²) in [5, 5.41) is 0.748. The number of esters is 1. The van der Waals surface area contributed by atoms with Crippen LogP contribution in [0.3, 0.4) is 0 Å². The van der Waals surface area contributed by atoms with E-state index < -0.39 is 22.0 Å². The third-order valence-corrected chi connectivity index (χ3v) is 6.28. The minimum absolute atomic E-state index is 0.0777. The minimum Gasteiger partial charge on any atom is -0.423 e. The minimum atomic E-state index is -3.88. The van der Waals surface area contributed by atoms with E-state index in [4.69, 9.17) is 4.74 Å². The number of hydrogen-bond donors (Lipinski definition) is 2. The highest BCUT2D eigenvalue weighted by Gasteiger charge is 2.24. The molecule has 0 spiro atoms. The maximum absolute atomic E-state index is 12.7. The van der Waals surface area contributed by atoms with Gasteiger partial charge in [-0.25, -0.2) is 13.2 Å². The van der Waals surface area contributed by atoms with Crippen LogP contribution in [0.1, 0.15) is 6.92 Å². The molecule has 4 aromatic rings. The molecule has 1 atom stereocenters. The van der Waals surface area contributed by atoms with Crippen molar-refractivity contribution in [3.8, 4) is 16.9 Å². The van der Waals surface area contributed by atoms with Crippen molar-refractivity contribution in [3.05, 3.63) is 85.1 Å². The van der Waals surface area contributed by atoms with Crippen LogP contribution in [0.4, 0.5) is 0 Å². The van der Waals surface area contributed by atoms with Gasteiger partial charge in [0.05, 0.1) is 4.90 Å². The molecule has 6 nitrogen and oxygen atoms in total. The number of hydrogen-bond acceptors (Lipinski definition) is 4. The van der Waals surface area contributed by atoms with Crippen LogP contribution in [-0.2, 0) is 14.8 Å². The molecule has 0 saturated carbocycles. The maximum Gasteiger partial charge on any atom is 0.329 e. The fourth-order valence-corrected chi connectivity index (χ4v) is 4.32. The largest absolute Gasteiger partial charge is 0.423 e. The Morgan fingerprint density at radius 2 is 1.53 bits per heavy atom. The van der Waals surface area contributed by atoms with Crippen LogP contribution < -0.4 is 9.46 Å². The number of benzene rings is 3. The van der Waals surface area contributed by atoms with E-state index in [1.807, 2.05) is 54.6 Å². The molecule has 0 aliphatic carbocycles. The van der Waals surface area contributed by atoms with Crippen LogP contribution in [0.15, 0.2) is 90.0 Å². The number of sulfonamides is 1. The highest BCUT2D eigenvalue weighted by atomic mass is 32.2. The molecule has 152 valence electrons. The van der Waals surface area contributed by atoms with Gasteiger partial charge in [0.15, 0.2) is 5.75 Å². The summed E-state index contributed by atoms with van der Waals surface area (Å²) in [6.45, 7) is 1.45. The second-order valence-electron chi connectivity index (χ2n) is 6.85. The monoisotopic (exact) mass is 420 g/mol. The summed E-state index contributed by atoms with van der Waals surface area (Å²) in [7, 11) is -3.88. The molecule has 0 radical (unpaired) electrons. The second-order valence-corrected chi connectivity index (χ2v) is 8.57. The van der Waals surface area contributed by atoms with E-state index in [0.717, 1.165) is 22.0 Å². The van der Waals surface area contributed by atoms with Gasteiger partial charge in [-0.1, -0.05) is 54.6 Å². The highest BCUT2D eigenvalue weighted by molar-refractivity contribution is 7.89. The molecule has 0 saturated heterocycles. The van der Waals surface area contributed by atoms with E-state index in [0.29, 0.717) is 5.75 Å². The summed E-state index contributed by atoms with van der Waals surface area (Å²) >= 11 is 0. The van der Waals surface area contributed by atoms with Gasteiger partial charge in [-0.2, -0.15) is 4.72 Å². The number of carbonyl (C=O) groups is 1. The summed E-state index contributed by atoms with van der Waals surface area (Å²) in [6.07, 6.45) is 1.58. The van der Waals surface area contributed by atoms with Crippen molar-refractivity contribution < 1.29 is 17.9 Å². The molecule has 0 aliphatic rings. The van der Waals surface area contributed by atoms with Crippen molar-refractivity contribution in [2.24, 2.45) is 0 Å². The molecule has 1 heterocycles. The van der Waals surface area contributed by atoms with Crippen molar-refractivity contribution in [2.45, 2.75) is 17.9 Å². The lowest BCUT2D eigenvalue weighted by Gasteiger charge is -2.13. The lowest BCUT2D eigenvalue weighted by atomic mass is 10.1. The number of nitrogens with one attached hydrogen (secondary N) is 2. The summed E-state index contributed by atoms with van der Waals surface area (Å²) in [4.78, 5) is 15.5. The average molecular weight is 420 g/mol. The molecule has 2 N–H and O–H groups in total. The van der Waals surface area contributed by atoms with Crippen LogP contribution in [-0.4, -0.2) is 25.4 Å². The number of para-hydroxylation sites is 1. The number of H-pyrrole nitrogens is 1. The number of aromatic amines is 1. The van der Waals surface area contributed by atoms with Crippen molar-refractivity contribution in [1.29, 1.82) is 0 Å². The predicted octanol–water partition coefficient (Wildman–Crippen LogP) is 4.11. The summed E-state index contributed by atoms with van der Waals surface area (Å²) < 4.78 is 33.1. The van der Waals surface area contributed by atoms with Gasteiger partial charge in [-0.15, -0.1) is 0 Å². The Bertz CT molecular complexity index is 1280. The van der Waals surface area contributed by atoms with Gasteiger partial charge in [0, 0.05) is 17.1 Å². The van der Waals surface area contributed by atoms with Crippen molar-refractivity contribution in [3.63, 3.8) is 0 Å². The second kappa shape index (κ2) is 8.14. The average Bonchev–Trinajstić information content (AvgIpc) is 3.17. The number of carbonyl (C=O) groups excluding carboxylic acids is 1. The molecule has 4 rings (SSSR count). The topological polar surface area (TPSA) is 88.3 Å². The number of fused-ring (bicyclic) bond motifs is 1. The Labute approximate surface area is 174 Å². The molecule has 0 bridgehead atoms. The zero-order chi connectivity index (χ0) is 21.1. The molecule has 7 heteroatoms. The predicted molar refractivity (Wildman–Crippen MR) is 116 cm³/mol. The van der Waals surface area contributed by atoms with Gasteiger partial charge in [0.2, 0.25) is 10.0 Å². The van der Waals surface area contributed by atoms with Gasteiger partial charge >= 0.3 is 5.97 Å². The summed E-state index contributed by atoms with van der Waals surface area (Å²) in [5.74, 6) is -0.335. The highest BCUT2D eigenvalue weighted by Crippen LogP contribution is 2.25. The Kier molecular flexibility index (Phi) is 5.39. The van der Waals surface area contributed by atoms with E-state index in [1.165, 1.54) is 19.1 Å². The molecule has 0 aliphatic heterocycles. The first-order valence-electron chi connectivity index (χ1n) is 9.40. The fraction of sp³-hybridized carbons (Fsp3) is 0.0870. The Morgan fingerprint density at radius 3 is 2.27 bits per heavy atom. The Morgan fingerprint density at radius 1 is 0.900 bits per heavy atom. The zero-order valence-corrected chi connectivity index (χ0v) is 17.0. The van der Waals surface area contributed by atoms with E-state index in [-0.39, 0.29) is 4.90 Å². The normalized spacial score (nSPS) is 12.6. The van der Waals surface area contributed by atoms with Gasteiger partial charge < -0.3 is 9.72 Å². The molecular formula is C23H20N2O4S. The third-order valence-electron chi connectivity index (χ3n) is 4.72. The molecule has 0 amide bonds. The lowest BCUT2D eigenvalue weighted by molar-refractivity contribution is -0.135. The first-order chi connectivity index (χ1) is 14.4. The van der Waals surface area contributed by atoms with Crippen molar-refractivity contribution in [1.82, 2.24) is 9.71 Å². The van der Waals surface area contributed by atoms with Crippen LogP contribution in [0.5, 0.6) is 5.75 Å². The molecule has 0 fully saturated rings. The van der Waals surface area contributed by atoms with Crippen molar-refractivity contribution >= 4 is 26.9 Å². The van der Waals surface area contributed by atoms with Crippen LogP contribution in [0.25, 0.3) is 22.0 Å². The quantitative estimate of drug-likeness (QED) is 0.460. The van der Waals surface area contributed by atoms with Crippen LogP contribution >= 0.6 is 0 Å². The third kappa shape index (κ3) is 4.12. The standard InChI is InChI=1S/C23H20N2O4S/c1-16(23(26)29-22-15-24-21-10-6-5-9-20(21)22)25-30(27,28)19-13-11-18(12-14-19)17-7-3-2-4-8-17/h2-16,24-25H,1H3/t16-/m0/s1. The van der Waals surface area contributed by atoms with E-state index in [2.05, 4.69) is 9.71 Å². The molecule has 3 aromatic carbocycles. The van der Waals surface area contributed by atoms with Crippen LogP contribution in [0, 0.1) is 0 Å².